The Bertz CT molecular complexity index is 1120. The average molecular weight is 394 g/mol. The molecule has 8 heteroatoms. The summed E-state index contributed by atoms with van der Waals surface area (Å²) in [4.78, 5) is 16.7. The highest BCUT2D eigenvalue weighted by Gasteiger charge is 2.16. The molecule has 0 aliphatic rings. The Kier molecular flexibility index (Phi) is 4.86. The maximum absolute atomic E-state index is 13.2. The first-order valence-corrected chi connectivity index (χ1v) is 9.28. The number of nitrogens with one attached hydrogen (secondary N) is 2. The number of aromatic nitrogens is 2. The van der Waals surface area contributed by atoms with Crippen molar-refractivity contribution in [2.24, 2.45) is 0 Å². The van der Waals surface area contributed by atoms with Crippen LogP contribution in [0.5, 0.6) is 0 Å². The van der Waals surface area contributed by atoms with Crippen molar-refractivity contribution in [3.8, 4) is 11.5 Å². The summed E-state index contributed by atoms with van der Waals surface area (Å²) < 4.78 is 18.5. The molecule has 0 saturated heterocycles. The Balaban J connectivity index is 1.46. The number of hydrogen-bond donors (Lipinski definition) is 2. The molecule has 2 heterocycles. The lowest BCUT2D eigenvalue weighted by Gasteiger charge is -2.02. The Labute approximate surface area is 164 Å². The number of rotatable bonds is 5. The van der Waals surface area contributed by atoms with Crippen molar-refractivity contribution in [2.45, 2.75) is 6.92 Å². The predicted molar refractivity (Wildman–Crippen MR) is 106 cm³/mol. The van der Waals surface area contributed by atoms with Crippen molar-refractivity contribution in [3.63, 3.8) is 0 Å². The first-order valence-electron chi connectivity index (χ1n) is 8.40. The van der Waals surface area contributed by atoms with Crippen LogP contribution < -0.4 is 10.6 Å². The van der Waals surface area contributed by atoms with E-state index in [1.165, 1.54) is 41.2 Å². The molecule has 140 valence electrons. The first kappa shape index (κ1) is 17.9. The minimum Gasteiger partial charge on any atom is -0.354 e. The maximum atomic E-state index is 13.2. The maximum Gasteiger partial charge on any atom is 0.277 e. The molecule has 0 unspecified atom stereocenters. The van der Waals surface area contributed by atoms with Crippen LogP contribution in [0.2, 0.25) is 0 Å². The number of amides is 1. The molecule has 4 rings (SSSR count). The highest BCUT2D eigenvalue weighted by atomic mass is 32.1. The third-order valence-corrected chi connectivity index (χ3v) is 4.64. The molecule has 0 spiro atoms. The van der Waals surface area contributed by atoms with E-state index in [0.29, 0.717) is 22.3 Å². The van der Waals surface area contributed by atoms with E-state index in [1.807, 2.05) is 36.6 Å². The van der Waals surface area contributed by atoms with E-state index in [0.717, 1.165) is 5.69 Å². The molecular formula is C20H15FN4O2S. The molecule has 0 fully saturated rings. The SMILES string of the molecule is Cc1ccc(Nc2nc(-c3cc(C(=O)Nc4cccc(F)c4)no3)cs2)cc1. The summed E-state index contributed by atoms with van der Waals surface area (Å²) in [6.45, 7) is 2.03. The molecule has 0 aliphatic heterocycles. The molecule has 0 atom stereocenters. The normalized spacial score (nSPS) is 10.6. The van der Waals surface area contributed by atoms with Crippen LogP contribution in [-0.4, -0.2) is 16.0 Å². The Morgan fingerprint density at radius 1 is 1.11 bits per heavy atom. The van der Waals surface area contributed by atoms with Gasteiger partial charge >= 0.3 is 0 Å². The molecular weight excluding hydrogens is 379 g/mol. The fraction of sp³-hybridized carbons (Fsp3) is 0.0500. The van der Waals surface area contributed by atoms with Gasteiger partial charge in [0.05, 0.1) is 0 Å². The number of nitrogens with zero attached hydrogens (tertiary/aromatic N) is 2. The molecule has 4 aromatic rings. The lowest BCUT2D eigenvalue weighted by Crippen LogP contribution is -2.12. The second-order valence-electron chi connectivity index (χ2n) is 6.07. The van der Waals surface area contributed by atoms with E-state index in [1.54, 1.807) is 6.07 Å². The molecule has 2 N–H and O–H groups in total. The number of thiazole rings is 1. The Morgan fingerprint density at radius 2 is 1.93 bits per heavy atom. The molecule has 0 radical (unpaired) electrons. The second-order valence-corrected chi connectivity index (χ2v) is 6.93. The molecule has 2 aromatic heterocycles. The topological polar surface area (TPSA) is 80.0 Å². The van der Waals surface area contributed by atoms with E-state index in [4.69, 9.17) is 4.52 Å². The van der Waals surface area contributed by atoms with Gasteiger partial charge in [-0.2, -0.15) is 0 Å². The fourth-order valence-corrected chi connectivity index (χ4v) is 3.19. The third kappa shape index (κ3) is 4.07. The smallest absolute Gasteiger partial charge is 0.277 e. The van der Waals surface area contributed by atoms with Gasteiger partial charge in [-0.1, -0.05) is 28.9 Å². The summed E-state index contributed by atoms with van der Waals surface area (Å²) in [7, 11) is 0. The standard InChI is InChI=1S/C20H15FN4O2S/c1-12-5-7-14(8-6-12)23-20-24-17(11-28-20)18-10-16(25-27-18)19(26)22-15-4-2-3-13(21)9-15/h2-11H,1H3,(H,22,26)(H,23,24). The third-order valence-electron chi connectivity index (χ3n) is 3.88. The monoisotopic (exact) mass is 394 g/mol. The Morgan fingerprint density at radius 3 is 2.71 bits per heavy atom. The molecule has 2 aromatic carbocycles. The number of aryl methyl sites for hydroxylation is 1. The summed E-state index contributed by atoms with van der Waals surface area (Å²) in [5.74, 6) is -0.554. The van der Waals surface area contributed by atoms with Crippen LogP contribution in [0.4, 0.5) is 20.9 Å². The quantitative estimate of drug-likeness (QED) is 0.484. The van der Waals surface area contributed by atoms with Gasteiger partial charge in [0.2, 0.25) is 0 Å². The van der Waals surface area contributed by atoms with Crippen molar-refractivity contribution >= 4 is 33.8 Å². The molecule has 0 saturated carbocycles. The average Bonchev–Trinajstić information content (AvgIpc) is 3.33. The molecule has 6 nitrogen and oxygen atoms in total. The Hall–Kier alpha value is -3.52. The largest absolute Gasteiger partial charge is 0.354 e. The van der Waals surface area contributed by atoms with Crippen molar-refractivity contribution in [1.82, 2.24) is 10.1 Å². The van der Waals surface area contributed by atoms with Gasteiger partial charge in [-0.25, -0.2) is 9.37 Å². The first-order chi connectivity index (χ1) is 13.6. The van der Waals surface area contributed by atoms with Gasteiger partial charge in [-0.3, -0.25) is 4.79 Å². The van der Waals surface area contributed by atoms with E-state index in [-0.39, 0.29) is 5.69 Å². The molecule has 0 bridgehead atoms. The van der Waals surface area contributed by atoms with Crippen LogP contribution in [0.15, 0.2) is 64.5 Å². The summed E-state index contributed by atoms with van der Waals surface area (Å²) >= 11 is 1.41. The van der Waals surface area contributed by atoms with E-state index in [9.17, 15) is 9.18 Å². The number of hydrogen-bond acceptors (Lipinski definition) is 6. The van der Waals surface area contributed by atoms with Gasteiger partial charge in [-0.15, -0.1) is 11.3 Å². The lowest BCUT2D eigenvalue weighted by molar-refractivity contribution is 0.101. The van der Waals surface area contributed by atoms with Crippen LogP contribution >= 0.6 is 11.3 Å². The zero-order valence-corrected chi connectivity index (χ0v) is 15.6. The number of anilines is 3. The lowest BCUT2D eigenvalue weighted by atomic mass is 10.2. The van der Waals surface area contributed by atoms with E-state index in [2.05, 4.69) is 20.8 Å². The van der Waals surface area contributed by atoms with Crippen LogP contribution in [-0.2, 0) is 0 Å². The summed E-state index contributed by atoms with van der Waals surface area (Å²) in [5.41, 5.74) is 3.10. The van der Waals surface area contributed by atoms with Gasteiger partial charge in [0.1, 0.15) is 11.5 Å². The molecule has 28 heavy (non-hydrogen) atoms. The van der Waals surface area contributed by atoms with Crippen LogP contribution in [0.1, 0.15) is 16.1 Å². The predicted octanol–water partition coefficient (Wildman–Crippen LogP) is 5.24. The van der Waals surface area contributed by atoms with Crippen LogP contribution in [0, 0.1) is 12.7 Å². The minimum atomic E-state index is -0.492. The fourth-order valence-electron chi connectivity index (χ4n) is 2.47. The highest BCUT2D eigenvalue weighted by Crippen LogP contribution is 2.28. The molecule has 0 aliphatic carbocycles. The summed E-state index contributed by atoms with van der Waals surface area (Å²) in [6, 6.07) is 15.1. The summed E-state index contributed by atoms with van der Waals surface area (Å²) in [5, 5.41) is 12.1. The molecule has 1 amide bonds. The minimum absolute atomic E-state index is 0.0836. The van der Waals surface area contributed by atoms with Crippen molar-refractivity contribution < 1.29 is 13.7 Å². The van der Waals surface area contributed by atoms with Crippen molar-refractivity contribution in [3.05, 3.63) is 77.1 Å². The van der Waals surface area contributed by atoms with Crippen molar-refractivity contribution in [1.29, 1.82) is 0 Å². The van der Waals surface area contributed by atoms with Gasteiger partial charge < -0.3 is 15.2 Å². The van der Waals surface area contributed by atoms with Crippen molar-refractivity contribution in [2.75, 3.05) is 10.6 Å². The van der Waals surface area contributed by atoms with E-state index < -0.39 is 11.7 Å². The van der Waals surface area contributed by atoms with Gasteiger partial charge in [0.25, 0.3) is 5.91 Å². The van der Waals surface area contributed by atoms with Gasteiger partial charge in [-0.05, 0) is 37.3 Å². The van der Waals surface area contributed by atoms with Gasteiger partial charge in [0.15, 0.2) is 16.6 Å². The number of carbonyl (C=O) groups is 1. The number of halogens is 1. The number of carbonyl (C=O) groups excluding carboxylic acids is 1. The van der Waals surface area contributed by atoms with Crippen LogP contribution in [0.25, 0.3) is 11.5 Å². The van der Waals surface area contributed by atoms with Crippen LogP contribution in [0.3, 0.4) is 0 Å². The zero-order chi connectivity index (χ0) is 19.5. The zero-order valence-electron chi connectivity index (χ0n) is 14.8. The van der Waals surface area contributed by atoms with Gasteiger partial charge in [0, 0.05) is 22.8 Å². The second kappa shape index (κ2) is 7.61. The highest BCUT2D eigenvalue weighted by molar-refractivity contribution is 7.14. The number of benzene rings is 2. The van der Waals surface area contributed by atoms with E-state index >= 15 is 0 Å². The summed E-state index contributed by atoms with van der Waals surface area (Å²) in [6.07, 6.45) is 0.